The van der Waals surface area contributed by atoms with Crippen molar-refractivity contribution >= 4 is 6.03 Å². The number of likely N-dealkylation sites (tertiary alicyclic amines) is 2. The molecule has 5 nitrogen and oxygen atoms in total. The first-order chi connectivity index (χ1) is 19.7. The highest BCUT2D eigenvalue weighted by Gasteiger charge is 2.38. The third-order valence-corrected chi connectivity index (χ3v) is 8.38. The number of carbonyl (C=O) groups is 1. The predicted octanol–water partition coefficient (Wildman–Crippen LogP) is 5.62. The first-order valence-corrected chi connectivity index (χ1v) is 14.4. The van der Waals surface area contributed by atoms with Gasteiger partial charge in [0.25, 0.3) is 0 Å². The molecule has 0 spiro atoms. The molecule has 5 heteroatoms. The molecule has 40 heavy (non-hydrogen) atoms. The van der Waals surface area contributed by atoms with Crippen molar-refractivity contribution in [2.45, 2.75) is 37.0 Å². The number of carbonyl (C=O) groups excluding carboxylic acids is 1. The van der Waals surface area contributed by atoms with Crippen molar-refractivity contribution in [2.24, 2.45) is 0 Å². The van der Waals surface area contributed by atoms with Crippen LogP contribution in [0.5, 0.6) is 0 Å². The third-order valence-electron chi connectivity index (χ3n) is 8.38. The topological polar surface area (TPSA) is 47.6 Å². The van der Waals surface area contributed by atoms with Crippen molar-refractivity contribution in [3.8, 4) is 0 Å². The molecule has 204 valence electrons. The molecule has 0 aromatic heterocycles. The van der Waals surface area contributed by atoms with E-state index in [1.54, 1.807) is 0 Å². The van der Waals surface area contributed by atoms with E-state index < -0.39 is 0 Å². The molecular formula is C35H38N4O. The lowest BCUT2D eigenvalue weighted by atomic mass is 9.94. The largest absolute Gasteiger partial charge is 0.333 e. The summed E-state index contributed by atoms with van der Waals surface area (Å²) >= 11 is 0. The van der Waals surface area contributed by atoms with E-state index in [4.69, 9.17) is 0 Å². The minimum Gasteiger partial charge on any atom is -0.333 e. The van der Waals surface area contributed by atoms with Crippen LogP contribution in [-0.4, -0.2) is 54.1 Å². The highest BCUT2D eigenvalue weighted by molar-refractivity contribution is 5.75. The minimum atomic E-state index is -0.0695. The van der Waals surface area contributed by atoms with Gasteiger partial charge in [-0.15, -0.1) is 0 Å². The molecule has 0 aliphatic carbocycles. The maximum atomic E-state index is 13.6. The summed E-state index contributed by atoms with van der Waals surface area (Å²) in [5.74, 6) is 0.498. The fourth-order valence-electron chi connectivity index (χ4n) is 6.46. The molecule has 4 aromatic rings. The molecule has 0 unspecified atom stereocenters. The Bertz CT molecular complexity index is 1240. The zero-order valence-electron chi connectivity index (χ0n) is 22.9. The Balaban J connectivity index is 1.15. The van der Waals surface area contributed by atoms with Gasteiger partial charge in [0, 0.05) is 51.1 Å². The van der Waals surface area contributed by atoms with Crippen molar-refractivity contribution in [1.82, 2.24) is 20.4 Å². The number of hydrogen-bond acceptors (Lipinski definition) is 3. The van der Waals surface area contributed by atoms with Gasteiger partial charge in [0.05, 0.1) is 12.1 Å². The van der Waals surface area contributed by atoms with Crippen LogP contribution >= 0.6 is 0 Å². The first-order valence-electron chi connectivity index (χ1n) is 14.4. The second-order valence-electron chi connectivity index (χ2n) is 11.2. The smallest absolute Gasteiger partial charge is 0.315 e. The molecule has 2 amide bonds. The summed E-state index contributed by atoms with van der Waals surface area (Å²) in [6, 6.07) is 42.4. The average molecular weight is 531 g/mol. The summed E-state index contributed by atoms with van der Waals surface area (Å²) < 4.78 is 0. The summed E-state index contributed by atoms with van der Waals surface area (Å²) in [5, 5.41) is 6.79. The third kappa shape index (κ3) is 6.44. The van der Waals surface area contributed by atoms with Gasteiger partial charge in [0.2, 0.25) is 0 Å². The van der Waals surface area contributed by atoms with E-state index in [1.165, 1.54) is 22.3 Å². The Morgan fingerprint density at radius 1 is 0.525 bits per heavy atom. The molecule has 2 N–H and O–H groups in total. The van der Waals surface area contributed by atoms with Gasteiger partial charge >= 0.3 is 6.03 Å². The Morgan fingerprint density at radius 3 is 1.25 bits per heavy atom. The Hall–Kier alpha value is -3.93. The van der Waals surface area contributed by atoms with Gasteiger partial charge in [0.15, 0.2) is 0 Å². The first kappa shape index (κ1) is 26.3. The van der Waals surface area contributed by atoms with E-state index in [1.807, 2.05) is 0 Å². The second-order valence-corrected chi connectivity index (χ2v) is 11.2. The lowest BCUT2D eigenvalue weighted by molar-refractivity contribution is 0.230. The van der Waals surface area contributed by atoms with Crippen LogP contribution in [0.4, 0.5) is 4.79 Å². The molecule has 0 radical (unpaired) electrons. The maximum absolute atomic E-state index is 13.6. The number of benzene rings is 4. The van der Waals surface area contributed by atoms with Crippen LogP contribution in [0.3, 0.4) is 0 Å². The van der Waals surface area contributed by atoms with Crippen molar-refractivity contribution in [2.75, 3.05) is 26.2 Å². The zero-order chi connectivity index (χ0) is 27.1. The van der Waals surface area contributed by atoms with Crippen LogP contribution in [0.2, 0.25) is 0 Å². The lowest BCUT2D eigenvalue weighted by Gasteiger charge is -2.24. The van der Waals surface area contributed by atoms with Crippen LogP contribution in [0, 0.1) is 0 Å². The van der Waals surface area contributed by atoms with Gasteiger partial charge in [-0.2, -0.15) is 0 Å². The molecule has 2 saturated heterocycles. The monoisotopic (exact) mass is 530 g/mol. The maximum Gasteiger partial charge on any atom is 0.315 e. The van der Waals surface area contributed by atoms with Gasteiger partial charge in [-0.25, -0.2) is 4.79 Å². The molecule has 0 bridgehead atoms. The van der Waals surface area contributed by atoms with Gasteiger partial charge in [0.1, 0.15) is 0 Å². The average Bonchev–Trinajstić information content (AvgIpc) is 3.58. The molecule has 4 aromatic carbocycles. The number of nitrogens with zero attached hydrogens (tertiary/aromatic N) is 2. The van der Waals surface area contributed by atoms with E-state index in [0.717, 1.165) is 39.3 Å². The molecule has 6 rings (SSSR count). The molecule has 2 aliphatic rings. The predicted molar refractivity (Wildman–Crippen MR) is 161 cm³/mol. The van der Waals surface area contributed by atoms with E-state index in [9.17, 15) is 4.79 Å². The molecule has 2 aliphatic heterocycles. The van der Waals surface area contributed by atoms with Crippen molar-refractivity contribution in [3.05, 3.63) is 144 Å². The number of urea groups is 1. The quantitative estimate of drug-likeness (QED) is 0.311. The summed E-state index contributed by atoms with van der Waals surface area (Å²) in [6.45, 7) is 5.27. The summed E-state index contributed by atoms with van der Waals surface area (Å²) in [6.07, 6.45) is 0. The van der Waals surface area contributed by atoms with Gasteiger partial charge in [-0.1, -0.05) is 121 Å². The van der Waals surface area contributed by atoms with Crippen molar-refractivity contribution < 1.29 is 4.79 Å². The fourth-order valence-corrected chi connectivity index (χ4v) is 6.46. The number of amides is 2. The normalized spacial score (nSPS) is 23.2. The number of rotatable bonds is 8. The zero-order valence-corrected chi connectivity index (χ0v) is 22.9. The molecule has 2 fully saturated rings. The van der Waals surface area contributed by atoms with Crippen LogP contribution in [-0.2, 0) is 13.1 Å². The molecular weight excluding hydrogens is 492 g/mol. The van der Waals surface area contributed by atoms with Crippen molar-refractivity contribution in [1.29, 1.82) is 0 Å². The van der Waals surface area contributed by atoms with Crippen LogP contribution in [0.15, 0.2) is 121 Å². The summed E-state index contributed by atoms with van der Waals surface area (Å²) in [5.41, 5.74) is 5.16. The SMILES string of the molecule is O=C(N[C@H]1CN(Cc2ccccc2)C[C@@H]1c1ccccc1)N[C@H]1CN(Cc2ccccc2)C[C@@H]1c1ccccc1. The number of hydrogen-bond donors (Lipinski definition) is 2. The second kappa shape index (κ2) is 12.5. The number of nitrogens with one attached hydrogen (secondary N) is 2. The standard InChI is InChI=1S/C35H38N4O/c40-35(36-33-25-38(21-27-13-5-1-6-14-27)23-31(33)29-17-9-3-10-18-29)37-34-26-39(22-28-15-7-2-8-16-28)24-32(34)30-19-11-4-12-20-30/h1-20,31-34H,21-26H2,(H2,36,37,40)/t31-,32-,33+,34+/m1/s1. The van der Waals surface area contributed by atoms with E-state index in [0.29, 0.717) is 0 Å². The van der Waals surface area contributed by atoms with E-state index >= 15 is 0 Å². The molecule has 2 heterocycles. The minimum absolute atomic E-state index is 0.0445. The molecule has 0 saturated carbocycles. The van der Waals surface area contributed by atoms with Crippen LogP contribution in [0.1, 0.15) is 34.1 Å². The Labute approximate surface area is 237 Å². The van der Waals surface area contributed by atoms with Gasteiger partial charge in [-0.3, -0.25) is 9.80 Å². The van der Waals surface area contributed by atoms with Crippen LogP contribution in [0.25, 0.3) is 0 Å². The van der Waals surface area contributed by atoms with Crippen molar-refractivity contribution in [3.63, 3.8) is 0 Å². The Morgan fingerprint density at radius 2 is 0.875 bits per heavy atom. The van der Waals surface area contributed by atoms with Crippen LogP contribution < -0.4 is 10.6 Å². The summed E-state index contributed by atoms with van der Waals surface area (Å²) in [4.78, 5) is 18.5. The van der Waals surface area contributed by atoms with Gasteiger partial charge in [-0.05, 0) is 22.3 Å². The molecule has 4 atom stereocenters. The van der Waals surface area contributed by atoms with E-state index in [2.05, 4.69) is 142 Å². The fraction of sp³-hybridized carbons (Fsp3) is 0.286. The van der Waals surface area contributed by atoms with Gasteiger partial charge < -0.3 is 10.6 Å². The lowest BCUT2D eigenvalue weighted by Crippen LogP contribution is -2.50. The van der Waals surface area contributed by atoms with E-state index in [-0.39, 0.29) is 30.0 Å². The highest BCUT2D eigenvalue weighted by atomic mass is 16.2. The Kier molecular flexibility index (Phi) is 8.22. The summed E-state index contributed by atoms with van der Waals surface area (Å²) in [7, 11) is 0. The highest BCUT2D eigenvalue weighted by Crippen LogP contribution is 2.31.